The molecule has 4 aromatic rings. The number of carbonyl (C=O) groups excluding carboxylic acids is 3. The molecule has 64 heavy (non-hydrogen) atoms. The van der Waals surface area contributed by atoms with Crippen molar-refractivity contribution in [2.45, 2.75) is 139 Å². The zero-order valence-corrected chi connectivity index (χ0v) is 40.1. The average Bonchev–Trinajstić information content (AvgIpc) is 3.85. The summed E-state index contributed by atoms with van der Waals surface area (Å²) in [6, 6.07) is 13.9. The Morgan fingerprint density at radius 1 is 0.984 bits per heavy atom. The van der Waals surface area contributed by atoms with Crippen molar-refractivity contribution >= 4 is 28.6 Å². The summed E-state index contributed by atoms with van der Waals surface area (Å²) < 4.78 is 32.2. The minimum atomic E-state index is -2.75. The summed E-state index contributed by atoms with van der Waals surface area (Å²) in [4.78, 5) is 50.0. The maximum atomic E-state index is 14.9. The number of nitrogens with zero attached hydrogens (tertiary/aromatic N) is 5. The Hall–Kier alpha value is -4.68. The molecule has 6 rings (SSSR count). The van der Waals surface area contributed by atoms with E-state index in [1.165, 1.54) is 11.6 Å². The molecule has 2 N–H and O–H groups in total. The molecule has 10 nitrogen and oxygen atoms in total. The number of hydrogen-bond donors (Lipinski definition) is 2. The molecule has 3 unspecified atom stereocenters. The van der Waals surface area contributed by atoms with Crippen molar-refractivity contribution in [3.8, 4) is 22.4 Å². The number of rotatable bonds is 18. The van der Waals surface area contributed by atoms with Gasteiger partial charge in [0.05, 0.1) is 17.4 Å². The lowest BCUT2D eigenvalue weighted by Gasteiger charge is -2.34. The summed E-state index contributed by atoms with van der Waals surface area (Å²) in [5.41, 5.74) is 10.7. The monoisotopic (exact) mass is 882 g/mol. The van der Waals surface area contributed by atoms with E-state index in [9.17, 15) is 23.2 Å². The third kappa shape index (κ3) is 11.0. The Labute approximate surface area is 380 Å². The van der Waals surface area contributed by atoms with E-state index in [0.717, 1.165) is 72.1 Å². The van der Waals surface area contributed by atoms with Gasteiger partial charge >= 0.3 is 0 Å². The molecular weight excluding hydrogens is 809 g/mol. The van der Waals surface area contributed by atoms with Crippen LogP contribution in [0.3, 0.4) is 0 Å². The van der Waals surface area contributed by atoms with Gasteiger partial charge in [0.15, 0.2) is 0 Å². The number of fused-ring (bicyclic) bond motifs is 1. The number of aryl methyl sites for hydroxylation is 1. The number of hydrogen-bond acceptors (Lipinski definition) is 6. The molecule has 2 fully saturated rings. The summed E-state index contributed by atoms with van der Waals surface area (Å²) in [5.74, 6) is -0.118. The molecule has 12 heteroatoms. The van der Waals surface area contributed by atoms with Gasteiger partial charge in [-0.2, -0.15) is 0 Å². The predicted octanol–water partition coefficient (Wildman–Crippen LogP) is 9.80. The first-order valence-corrected chi connectivity index (χ1v) is 23.8. The van der Waals surface area contributed by atoms with Gasteiger partial charge < -0.3 is 14.8 Å². The number of likely N-dealkylation sites (tertiary alicyclic amines) is 1. The number of carbonyl (C=O) groups is 3. The van der Waals surface area contributed by atoms with Gasteiger partial charge in [-0.15, -0.1) is 0 Å². The highest BCUT2D eigenvalue weighted by molar-refractivity contribution is 5.95. The fourth-order valence-corrected chi connectivity index (χ4v) is 9.93. The van der Waals surface area contributed by atoms with Crippen molar-refractivity contribution in [1.82, 2.24) is 35.1 Å². The summed E-state index contributed by atoms with van der Waals surface area (Å²) in [6.07, 6.45) is 3.57. The fraction of sp³-hybridized carbons (Fsp3) is 0.577. The summed E-state index contributed by atoms with van der Waals surface area (Å²) >= 11 is 0. The van der Waals surface area contributed by atoms with Crippen molar-refractivity contribution < 1.29 is 23.2 Å². The lowest BCUT2D eigenvalue weighted by atomic mass is 9.81. The number of benzene rings is 2. The van der Waals surface area contributed by atoms with Gasteiger partial charge in [-0.05, 0) is 122 Å². The Morgan fingerprint density at radius 2 is 1.75 bits per heavy atom. The third-order valence-corrected chi connectivity index (χ3v) is 13.7. The van der Waals surface area contributed by atoms with Crippen LogP contribution in [-0.4, -0.2) is 93.4 Å². The number of hydrazine groups is 1. The molecule has 348 valence electrons. The van der Waals surface area contributed by atoms with Gasteiger partial charge in [-0.25, -0.2) is 14.2 Å². The largest absolute Gasteiger partial charge is 0.343 e. The molecule has 2 aliphatic rings. The molecule has 4 heterocycles. The second-order valence-corrected chi connectivity index (χ2v) is 19.6. The summed E-state index contributed by atoms with van der Waals surface area (Å²) in [5, 5.41) is 5.81. The van der Waals surface area contributed by atoms with Gasteiger partial charge in [0.1, 0.15) is 6.04 Å². The minimum Gasteiger partial charge on any atom is -0.343 e. The standard InChI is InChI=1S/C52H73F2N7O3/c1-11-52(9,10)30-43-42-29-38(18-19-45(42)60(13-3)48(43)41-17-16-21-55-46(41)33(4)5)39-25-37(26-40(28-39)49(53)54)27-44(51(64)61-23-15-14-22-56-61)57-50(63)47(34(6)7)59-24-20-36(32-59)31-58(12-2)35(8)62/h16-19,21,25-26,28-29,33-34,36,44,47,49,56H,11-15,20,22-24,27,30-32H2,1-10H3,(H,57,63). The van der Waals surface area contributed by atoms with E-state index >= 15 is 0 Å². The molecule has 3 atom stereocenters. The molecule has 0 saturated carbocycles. The predicted molar refractivity (Wildman–Crippen MR) is 254 cm³/mol. The summed E-state index contributed by atoms with van der Waals surface area (Å²) in [6.45, 7) is 25.4. The highest BCUT2D eigenvalue weighted by Crippen LogP contribution is 2.42. The molecule has 0 bridgehead atoms. The number of amides is 3. The maximum Gasteiger partial charge on any atom is 0.263 e. The molecule has 2 aromatic heterocycles. The van der Waals surface area contributed by atoms with E-state index in [4.69, 9.17) is 4.98 Å². The number of halogens is 2. The Kier molecular flexibility index (Phi) is 16.1. The van der Waals surface area contributed by atoms with E-state index in [1.807, 2.05) is 50.1 Å². The Morgan fingerprint density at radius 3 is 2.38 bits per heavy atom. The van der Waals surface area contributed by atoms with Crippen LogP contribution in [0.2, 0.25) is 0 Å². The van der Waals surface area contributed by atoms with Crippen LogP contribution in [0.1, 0.15) is 130 Å². The van der Waals surface area contributed by atoms with Crippen LogP contribution in [0.15, 0.2) is 54.7 Å². The van der Waals surface area contributed by atoms with Crippen LogP contribution in [0, 0.1) is 17.3 Å². The van der Waals surface area contributed by atoms with Crippen molar-refractivity contribution in [3.63, 3.8) is 0 Å². The number of alkyl halides is 2. The molecule has 2 aliphatic heterocycles. The zero-order chi connectivity index (χ0) is 46.5. The lowest BCUT2D eigenvalue weighted by Crippen LogP contribution is -2.59. The van der Waals surface area contributed by atoms with Gasteiger partial charge in [0.25, 0.3) is 12.3 Å². The van der Waals surface area contributed by atoms with Crippen LogP contribution < -0.4 is 10.7 Å². The smallest absolute Gasteiger partial charge is 0.263 e. The number of nitrogens with one attached hydrogen (secondary N) is 2. The highest BCUT2D eigenvalue weighted by Gasteiger charge is 2.38. The van der Waals surface area contributed by atoms with Gasteiger partial charge in [0.2, 0.25) is 11.8 Å². The first kappa shape index (κ1) is 48.8. The molecule has 0 radical (unpaired) electrons. The molecule has 2 saturated heterocycles. The van der Waals surface area contributed by atoms with E-state index in [-0.39, 0.29) is 52.9 Å². The summed E-state index contributed by atoms with van der Waals surface area (Å²) in [7, 11) is 0. The van der Waals surface area contributed by atoms with Crippen molar-refractivity contribution in [2.75, 3.05) is 39.3 Å². The zero-order valence-electron chi connectivity index (χ0n) is 40.1. The van der Waals surface area contributed by atoms with Crippen molar-refractivity contribution in [3.05, 3.63) is 77.1 Å². The van der Waals surface area contributed by atoms with E-state index in [0.29, 0.717) is 50.4 Å². The average molecular weight is 882 g/mol. The van der Waals surface area contributed by atoms with Gasteiger partial charge in [-0.1, -0.05) is 73.1 Å². The SMILES string of the molecule is CCN(CC1CCN(C(C(=O)NC(Cc2cc(-c3ccc4c(c3)c(CC(C)(C)CC)c(-c3cccnc3C(C)C)n4CC)cc(C(F)F)c2)C(=O)N2CCCCN2)C(C)C)C1)C(C)=O. The second-order valence-electron chi connectivity index (χ2n) is 19.6. The van der Waals surface area contributed by atoms with E-state index in [2.05, 4.69) is 80.0 Å². The van der Waals surface area contributed by atoms with Crippen molar-refractivity contribution in [1.29, 1.82) is 0 Å². The van der Waals surface area contributed by atoms with Gasteiger partial charge in [0, 0.05) is 80.8 Å². The van der Waals surface area contributed by atoms with E-state index in [1.54, 1.807) is 18.0 Å². The second kappa shape index (κ2) is 21.1. The van der Waals surface area contributed by atoms with Crippen LogP contribution in [-0.2, 0) is 33.8 Å². The molecule has 0 spiro atoms. The van der Waals surface area contributed by atoms with Crippen molar-refractivity contribution in [2.24, 2.45) is 17.3 Å². The fourth-order valence-electron chi connectivity index (χ4n) is 9.93. The number of aromatic nitrogens is 2. The molecule has 3 amide bonds. The normalized spacial score (nSPS) is 17.2. The minimum absolute atomic E-state index is 0.00736. The number of pyridine rings is 1. The third-order valence-electron chi connectivity index (χ3n) is 13.7. The quantitative estimate of drug-likeness (QED) is 0.103. The molecule has 2 aromatic carbocycles. The Balaban J connectivity index is 1.39. The molecular formula is C52H73F2N7O3. The van der Waals surface area contributed by atoms with Crippen LogP contribution >= 0.6 is 0 Å². The first-order chi connectivity index (χ1) is 30.5. The highest BCUT2D eigenvalue weighted by atomic mass is 19.3. The van der Waals surface area contributed by atoms with Crippen LogP contribution in [0.5, 0.6) is 0 Å². The topological polar surface area (TPSA) is 103 Å². The molecule has 0 aliphatic carbocycles. The maximum absolute atomic E-state index is 14.9. The first-order valence-electron chi connectivity index (χ1n) is 23.8. The van der Waals surface area contributed by atoms with Crippen LogP contribution in [0.25, 0.3) is 33.3 Å². The van der Waals surface area contributed by atoms with Crippen LogP contribution in [0.4, 0.5) is 8.78 Å². The van der Waals surface area contributed by atoms with E-state index < -0.39 is 18.5 Å². The lowest BCUT2D eigenvalue weighted by molar-refractivity contribution is -0.141. The van der Waals surface area contributed by atoms with Gasteiger partial charge in [-0.3, -0.25) is 29.3 Å². The Bertz CT molecular complexity index is 2260.